The highest BCUT2D eigenvalue weighted by atomic mass is 19.1. The third-order valence-corrected chi connectivity index (χ3v) is 2.87. The predicted molar refractivity (Wildman–Crippen MR) is 71.3 cm³/mol. The monoisotopic (exact) mass is 256 g/mol. The van der Waals surface area contributed by atoms with E-state index in [1.807, 2.05) is 19.1 Å². The van der Waals surface area contributed by atoms with Crippen LogP contribution >= 0.6 is 0 Å². The van der Waals surface area contributed by atoms with Crippen LogP contribution in [-0.4, -0.2) is 5.11 Å². The molecule has 0 radical (unpaired) electrons. The molecule has 2 aromatic rings. The normalized spacial score (nSPS) is 11.6. The Morgan fingerprint density at radius 1 is 1.21 bits per heavy atom. The van der Waals surface area contributed by atoms with Crippen molar-refractivity contribution in [2.45, 2.75) is 13.0 Å². The summed E-state index contributed by atoms with van der Waals surface area (Å²) in [7, 11) is 0. The fourth-order valence-corrected chi connectivity index (χ4v) is 1.78. The van der Waals surface area contributed by atoms with E-state index >= 15 is 0 Å². The first-order valence-electron chi connectivity index (χ1n) is 5.85. The number of phenolic OH excluding ortho intramolecular Hbond substituents is 1. The van der Waals surface area contributed by atoms with Crippen molar-refractivity contribution in [3.8, 4) is 11.8 Å². The molecule has 4 heteroatoms. The van der Waals surface area contributed by atoms with Crippen LogP contribution in [0.2, 0.25) is 0 Å². The summed E-state index contributed by atoms with van der Waals surface area (Å²) in [4.78, 5) is 0. The first kappa shape index (κ1) is 12.9. The van der Waals surface area contributed by atoms with Crippen LogP contribution in [0.4, 0.5) is 10.1 Å². The average molecular weight is 256 g/mol. The van der Waals surface area contributed by atoms with Crippen molar-refractivity contribution in [2.75, 3.05) is 5.32 Å². The summed E-state index contributed by atoms with van der Waals surface area (Å²) in [5, 5.41) is 21.0. The van der Waals surface area contributed by atoms with Crippen molar-refractivity contribution in [3.05, 3.63) is 59.4 Å². The molecule has 1 unspecified atom stereocenters. The molecule has 0 aliphatic carbocycles. The summed E-state index contributed by atoms with van der Waals surface area (Å²) >= 11 is 0. The molecule has 0 aliphatic heterocycles. The Labute approximate surface area is 110 Å². The molecule has 19 heavy (non-hydrogen) atoms. The summed E-state index contributed by atoms with van der Waals surface area (Å²) in [6.45, 7) is 1.94. The Kier molecular flexibility index (Phi) is 3.67. The largest absolute Gasteiger partial charge is 0.505 e. The van der Waals surface area contributed by atoms with Crippen molar-refractivity contribution < 1.29 is 9.50 Å². The number of rotatable bonds is 3. The van der Waals surface area contributed by atoms with E-state index in [2.05, 4.69) is 11.4 Å². The second-order valence-corrected chi connectivity index (χ2v) is 4.27. The molecule has 0 saturated carbocycles. The van der Waals surface area contributed by atoms with Crippen LogP contribution in [0.15, 0.2) is 42.5 Å². The van der Waals surface area contributed by atoms with Crippen LogP contribution < -0.4 is 5.32 Å². The molecule has 0 amide bonds. The lowest BCUT2D eigenvalue weighted by molar-refractivity contribution is 0.432. The number of hydrogen-bond acceptors (Lipinski definition) is 3. The van der Waals surface area contributed by atoms with E-state index in [0.29, 0.717) is 11.3 Å². The van der Waals surface area contributed by atoms with Gasteiger partial charge < -0.3 is 10.4 Å². The maximum Gasteiger partial charge on any atom is 0.166 e. The lowest BCUT2D eigenvalue weighted by Crippen LogP contribution is -2.06. The van der Waals surface area contributed by atoms with E-state index in [-0.39, 0.29) is 11.8 Å². The minimum Gasteiger partial charge on any atom is -0.505 e. The van der Waals surface area contributed by atoms with Crippen molar-refractivity contribution in [2.24, 2.45) is 0 Å². The minimum absolute atomic E-state index is 0.0308. The standard InChI is InChI=1S/C15H13FN2O/c1-10(12-4-2-11(9-17)3-5-12)18-13-6-7-15(19)14(16)8-13/h2-8,10,18-19H,1H3. The smallest absolute Gasteiger partial charge is 0.166 e. The van der Waals surface area contributed by atoms with E-state index in [1.54, 1.807) is 18.2 Å². The van der Waals surface area contributed by atoms with Gasteiger partial charge in [-0.25, -0.2) is 4.39 Å². The molecule has 0 aliphatic rings. The molecule has 0 spiro atoms. The summed E-state index contributed by atoms with van der Waals surface area (Å²) in [5.74, 6) is -1.02. The lowest BCUT2D eigenvalue weighted by Gasteiger charge is -2.16. The fraction of sp³-hybridized carbons (Fsp3) is 0.133. The molecular formula is C15H13FN2O. The van der Waals surface area contributed by atoms with Gasteiger partial charge in [0.1, 0.15) is 0 Å². The van der Waals surface area contributed by atoms with E-state index < -0.39 is 5.82 Å². The van der Waals surface area contributed by atoms with Crippen LogP contribution in [0, 0.1) is 17.1 Å². The van der Waals surface area contributed by atoms with Crippen molar-refractivity contribution in [1.29, 1.82) is 5.26 Å². The maximum atomic E-state index is 13.2. The predicted octanol–water partition coefficient (Wildman–Crippen LogP) is 3.58. The summed E-state index contributed by atoms with van der Waals surface area (Å²) < 4.78 is 13.2. The van der Waals surface area contributed by atoms with Gasteiger partial charge in [0, 0.05) is 17.8 Å². The van der Waals surface area contributed by atoms with Crippen LogP contribution in [0.25, 0.3) is 0 Å². The molecule has 0 fully saturated rings. The van der Waals surface area contributed by atoms with E-state index in [0.717, 1.165) is 5.56 Å². The molecule has 2 N–H and O–H groups in total. The second kappa shape index (κ2) is 5.40. The first-order valence-corrected chi connectivity index (χ1v) is 5.85. The van der Waals surface area contributed by atoms with Gasteiger partial charge >= 0.3 is 0 Å². The van der Waals surface area contributed by atoms with Crippen molar-refractivity contribution >= 4 is 5.69 Å². The van der Waals surface area contributed by atoms with Crippen LogP contribution in [0.3, 0.4) is 0 Å². The zero-order chi connectivity index (χ0) is 13.8. The van der Waals surface area contributed by atoms with E-state index in [9.17, 15) is 4.39 Å². The first-order chi connectivity index (χ1) is 9.10. The highest BCUT2D eigenvalue weighted by Crippen LogP contribution is 2.23. The minimum atomic E-state index is -0.656. The molecule has 2 rings (SSSR count). The van der Waals surface area contributed by atoms with Gasteiger partial charge in [0.15, 0.2) is 11.6 Å². The molecule has 3 nitrogen and oxygen atoms in total. The quantitative estimate of drug-likeness (QED) is 0.825. The number of hydrogen-bond donors (Lipinski definition) is 2. The number of anilines is 1. The Hall–Kier alpha value is -2.54. The highest BCUT2D eigenvalue weighted by Gasteiger charge is 2.07. The number of aromatic hydroxyl groups is 1. The van der Waals surface area contributed by atoms with E-state index in [1.165, 1.54) is 12.1 Å². The fourth-order valence-electron chi connectivity index (χ4n) is 1.78. The summed E-state index contributed by atoms with van der Waals surface area (Å²) in [6, 6.07) is 13.4. The van der Waals surface area contributed by atoms with Gasteiger partial charge in [-0.05, 0) is 36.8 Å². The van der Waals surface area contributed by atoms with Gasteiger partial charge in [0.2, 0.25) is 0 Å². The Balaban J connectivity index is 2.13. The molecule has 1 atom stereocenters. The topological polar surface area (TPSA) is 56.0 Å². The lowest BCUT2D eigenvalue weighted by atomic mass is 10.1. The number of phenols is 1. The van der Waals surface area contributed by atoms with Gasteiger partial charge in [-0.2, -0.15) is 5.26 Å². The number of nitrogens with zero attached hydrogens (tertiary/aromatic N) is 1. The zero-order valence-corrected chi connectivity index (χ0v) is 10.4. The third kappa shape index (κ3) is 3.02. The number of nitriles is 1. The maximum absolute atomic E-state index is 13.2. The number of benzene rings is 2. The van der Waals surface area contributed by atoms with Crippen LogP contribution in [-0.2, 0) is 0 Å². The van der Waals surface area contributed by atoms with Crippen molar-refractivity contribution in [3.63, 3.8) is 0 Å². The highest BCUT2D eigenvalue weighted by molar-refractivity contribution is 5.49. The van der Waals surface area contributed by atoms with Gasteiger partial charge in [0.25, 0.3) is 0 Å². The molecule has 0 bridgehead atoms. The Morgan fingerprint density at radius 2 is 1.89 bits per heavy atom. The zero-order valence-electron chi connectivity index (χ0n) is 10.4. The second-order valence-electron chi connectivity index (χ2n) is 4.27. The number of nitrogens with one attached hydrogen (secondary N) is 1. The molecule has 2 aromatic carbocycles. The third-order valence-electron chi connectivity index (χ3n) is 2.87. The Morgan fingerprint density at radius 3 is 2.47 bits per heavy atom. The van der Waals surface area contributed by atoms with Gasteiger partial charge in [-0.15, -0.1) is 0 Å². The number of halogens is 1. The summed E-state index contributed by atoms with van der Waals surface area (Å²) in [5.41, 5.74) is 2.19. The average Bonchev–Trinajstić information content (AvgIpc) is 2.43. The molecule has 0 saturated heterocycles. The van der Waals surface area contributed by atoms with Gasteiger partial charge in [-0.3, -0.25) is 0 Å². The van der Waals surface area contributed by atoms with Crippen LogP contribution in [0.1, 0.15) is 24.1 Å². The SMILES string of the molecule is CC(Nc1ccc(O)c(F)c1)c1ccc(C#N)cc1. The molecule has 0 heterocycles. The molecule has 0 aromatic heterocycles. The van der Waals surface area contributed by atoms with Gasteiger partial charge in [0.05, 0.1) is 11.6 Å². The van der Waals surface area contributed by atoms with Crippen LogP contribution in [0.5, 0.6) is 5.75 Å². The molecule has 96 valence electrons. The Bertz CT molecular complexity index is 617. The van der Waals surface area contributed by atoms with Gasteiger partial charge in [-0.1, -0.05) is 12.1 Å². The van der Waals surface area contributed by atoms with E-state index in [4.69, 9.17) is 10.4 Å². The summed E-state index contributed by atoms with van der Waals surface area (Å²) in [6.07, 6.45) is 0. The van der Waals surface area contributed by atoms with Crippen molar-refractivity contribution in [1.82, 2.24) is 0 Å². The molecular weight excluding hydrogens is 243 g/mol.